The zero-order valence-electron chi connectivity index (χ0n) is 12.6. The fourth-order valence-electron chi connectivity index (χ4n) is 2.53. The van der Waals surface area contributed by atoms with Gasteiger partial charge in [0.2, 0.25) is 0 Å². The van der Waals surface area contributed by atoms with Crippen LogP contribution >= 0.6 is 0 Å². The predicted octanol–water partition coefficient (Wildman–Crippen LogP) is 4.00. The summed E-state index contributed by atoms with van der Waals surface area (Å²) in [6.07, 6.45) is 8.06. The van der Waals surface area contributed by atoms with E-state index in [0.29, 0.717) is 12.1 Å². The maximum Gasteiger partial charge on any atom is 0.0725 e. The Bertz CT molecular complexity index is 161. The monoisotopic (exact) mass is 243 g/mol. The first-order chi connectivity index (χ1) is 8.23. The molecule has 0 spiro atoms. The highest BCUT2D eigenvalue weighted by molar-refractivity contribution is 4.78. The Balaban J connectivity index is 4.22. The zero-order valence-corrected chi connectivity index (χ0v) is 12.6. The van der Waals surface area contributed by atoms with Crippen LogP contribution in [-0.2, 0) is 4.74 Å². The topological polar surface area (TPSA) is 21.3 Å². The van der Waals surface area contributed by atoms with Gasteiger partial charge in [-0.05, 0) is 32.7 Å². The average molecular weight is 243 g/mol. The van der Waals surface area contributed by atoms with E-state index in [-0.39, 0.29) is 0 Å². The first-order valence-corrected chi connectivity index (χ1v) is 7.52. The minimum Gasteiger partial charge on any atom is -0.377 e. The fourth-order valence-corrected chi connectivity index (χ4v) is 2.53. The average Bonchev–Trinajstić information content (AvgIpc) is 2.37. The molecule has 0 bridgehead atoms. The summed E-state index contributed by atoms with van der Waals surface area (Å²) in [4.78, 5) is 0. The van der Waals surface area contributed by atoms with Gasteiger partial charge in [-0.15, -0.1) is 0 Å². The third-order valence-electron chi connectivity index (χ3n) is 3.73. The molecule has 104 valence electrons. The number of hydrogen-bond donors (Lipinski definition) is 1. The highest BCUT2D eigenvalue weighted by Gasteiger charge is 2.21. The number of rotatable bonds is 11. The SMILES string of the molecule is CCCCC(CC)CC(NC)C(CC)OCC. The van der Waals surface area contributed by atoms with Crippen LogP contribution in [0.25, 0.3) is 0 Å². The van der Waals surface area contributed by atoms with E-state index in [0.717, 1.165) is 18.9 Å². The molecular formula is C15H33NO. The molecule has 0 aliphatic heterocycles. The Morgan fingerprint density at radius 3 is 2.18 bits per heavy atom. The second-order valence-corrected chi connectivity index (χ2v) is 4.95. The molecule has 3 unspecified atom stereocenters. The van der Waals surface area contributed by atoms with Crippen LogP contribution in [0.5, 0.6) is 0 Å². The highest BCUT2D eigenvalue weighted by atomic mass is 16.5. The predicted molar refractivity (Wildman–Crippen MR) is 76.5 cm³/mol. The van der Waals surface area contributed by atoms with Gasteiger partial charge in [0, 0.05) is 12.6 Å². The summed E-state index contributed by atoms with van der Waals surface area (Å²) in [5.74, 6) is 0.849. The van der Waals surface area contributed by atoms with Gasteiger partial charge in [0.1, 0.15) is 0 Å². The maximum absolute atomic E-state index is 5.83. The highest BCUT2D eigenvalue weighted by Crippen LogP contribution is 2.21. The van der Waals surface area contributed by atoms with Crippen LogP contribution in [0.4, 0.5) is 0 Å². The van der Waals surface area contributed by atoms with Gasteiger partial charge in [0.05, 0.1) is 6.10 Å². The lowest BCUT2D eigenvalue weighted by Gasteiger charge is -2.29. The van der Waals surface area contributed by atoms with Crippen molar-refractivity contribution in [3.05, 3.63) is 0 Å². The summed E-state index contributed by atoms with van der Waals surface area (Å²) in [5.41, 5.74) is 0. The smallest absolute Gasteiger partial charge is 0.0725 e. The molecule has 0 radical (unpaired) electrons. The van der Waals surface area contributed by atoms with E-state index in [4.69, 9.17) is 4.74 Å². The minimum absolute atomic E-state index is 0.376. The van der Waals surface area contributed by atoms with Crippen molar-refractivity contribution in [3.8, 4) is 0 Å². The first-order valence-electron chi connectivity index (χ1n) is 7.52. The first kappa shape index (κ1) is 16.9. The molecule has 0 heterocycles. The summed E-state index contributed by atoms with van der Waals surface area (Å²) in [6, 6.07) is 0.516. The second-order valence-electron chi connectivity index (χ2n) is 4.95. The van der Waals surface area contributed by atoms with Crippen LogP contribution in [0.1, 0.15) is 66.2 Å². The van der Waals surface area contributed by atoms with Crippen molar-refractivity contribution in [1.29, 1.82) is 0 Å². The molecule has 2 nitrogen and oxygen atoms in total. The normalized spacial score (nSPS) is 16.8. The van der Waals surface area contributed by atoms with Gasteiger partial charge in [0.15, 0.2) is 0 Å². The van der Waals surface area contributed by atoms with E-state index in [1.807, 2.05) is 0 Å². The maximum atomic E-state index is 5.83. The zero-order chi connectivity index (χ0) is 13.1. The Morgan fingerprint density at radius 2 is 1.76 bits per heavy atom. The summed E-state index contributed by atoms with van der Waals surface area (Å²) < 4.78 is 5.83. The van der Waals surface area contributed by atoms with Crippen molar-refractivity contribution < 1.29 is 4.74 Å². The van der Waals surface area contributed by atoms with Crippen molar-refractivity contribution in [2.24, 2.45) is 5.92 Å². The molecule has 1 N–H and O–H groups in total. The number of ether oxygens (including phenoxy) is 1. The number of likely N-dealkylation sites (N-methyl/N-ethyl adjacent to an activating group) is 1. The largest absolute Gasteiger partial charge is 0.377 e. The fraction of sp³-hybridized carbons (Fsp3) is 1.00. The molecule has 0 aromatic rings. The van der Waals surface area contributed by atoms with Gasteiger partial charge >= 0.3 is 0 Å². The molecular weight excluding hydrogens is 210 g/mol. The minimum atomic E-state index is 0.376. The van der Waals surface area contributed by atoms with E-state index in [1.165, 1.54) is 32.1 Å². The molecule has 17 heavy (non-hydrogen) atoms. The lowest BCUT2D eigenvalue weighted by molar-refractivity contribution is 0.0266. The molecule has 0 rings (SSSR count). The van der Waals surface area contributed by atoms with Gasteiger partial charge in [0.25, 0.3) is 0 Å². The summed E-state index contributed by atoms with van der Waals surface area (Å²) in [5, 5.41) is 3.45. The Hall–Kier alpha value is -0.0800. The van der Waals surface area contributed by atoms with Gasteiger partial charge in [-0.25, -0.2) is 0 Å². The van der Waals surface area contributed by atoms with Crippen molar-refractivity contribution in [2.45, 2.75) is 78.4 Å². The van der Waals surface area contributed by atoms with Crippen LogP contribution < -0.4 is 5.32 Å². The lowest BCUT2D eigenvalue weighted by Crippen LogP contribution is -2.40. The van der Waals surface area contributed by atoms with Crippen molar-refractivity contribution in [2.75, 3.05) is 13.7 Å². The molecule has 0 saturated carbocycles. The van der Waals surface area contributed by atoms with E-state index >= 15 is 0 Å². The number of nitrogens with one attached hydrogen (secondary N) is 1. The van der Waals surface area contributed by atoms with Crippen LogP contribution in [0.3, 0.4) is 0 Å². The Morgan fingerprint density at radius 1 is 1.06 bits per heavy atom. The standard InChI is InChI=1S/C15H33NO/c1-6-10-11-13(7-2)12-14(16-5)15(8-3)17-9-4/h13-16H,6-12H2,1-5H3. The van der Waals surface area contributed by atoms with E-state index in [9.17, 15) is 0 Å². The van der Waals surface area contributed by atoms with E-state index < -0.39 is 0 Å². The van der Waals surface area contributed by atoms with Crippen molar-refractivity contribution >= 4 is 0 Å². The van der Waals surface area contributed by atoms with Gasteiger partial charge in [-0.2, -0.15) is 0 Å². The second kappa shape index (κ2) is 11.0. The van der Waals surface area contributed by atoms with Crippen LogP contribution in [-0.4, -0.2) is 25.8 Å². The Labute approximate surface area is 109 Å². The van der Waals surface area contributed by atoms with Crippen LogP contribution in [0.15, 0.2) is 0 Å². The third kappa shape index (κ3) is 7.05. The van der Waals surface area contributed by atoms with E-state index in [2.05, 4.69) is 40.1 Å². The van der Waals surface area contributed by atoms with Crippen molar-refractivity contribution in [3.63, 3.8) is 0 Å². The third-order valence-corrected chi connectivity index (χ3v) is 3.73. The molecule has 3 atom stereocenters. The summed E-state index contributed by atoms with van der Waals surface area (Å²) in [6.45, 7) is 9.72. The number of unbranched alkanes of at least 4 members (excludes halogenated alkanes) is 1. The number of hydrogen-bond acceptors (Lipinski definition) is 2. The molecule has 0 aromatic carbocycles. The molecule has 0 saturated heterocycles. The molecule has 0 amide bonds. The van der Waals surface area contributed by atoms with Crippen LogP contribution in [0, 0.1) is 5.92 Å². The van der Waals surface area contributed by atoms with Crippen molar-refractivity contribution in [1.82, 2.24) is 5.32 Å². The molecule has 0 aliphatic carbocycles. The summed E-state index contributed by atoms with van der Waals surface area (Å²) in [7, 11) is 2.07. The molecule has 2 heteroatoms. The molecule has 0 fully saturated rings. The summed E-state index contributed by atoms with van der Waals surface area (Å²) >= 11 is 0. The van der Waals surface area contributed by atoms with Gasteiger partial charge in [-0.3, -0.25) is 0 Å². The quantitative estimate of drug-likeness (QED) is 0.592. The molecule has 0 aromatic heterocycles. The Kier molecular flexibility index (Phi) is 11.0. The molecule has 0 aliphatic rings. The lowest BCUT2D eigenvalue weighted by atomic mass is 9.89. The van der Waals surface area contributed by atoms with E-state index in [1.54, 1.807) is 0 Å². The van der Waals surface area contributed by atoms with Gasteiger partial charge < -0.3 is 10.1 Å². The van der Waals surface area contributed by atoms with Crippen LogP contribution in [0.2, 0.25) is 0 Å². The van der Waals surface area contributed by atoms with Gasteiger partial charge in [-0.1, -0.05) is 46.5 Å².